The van der Waals surface area contributed by atoms with E-state index < -0.39 is 5.82 Å². The van der Waals surface area contributed by atoms with Gasteiger partial charge in [0.05, 0.1) is 12.2 Å². The molecule has 1 aromatic carbocycles. The summed E-state index contributed by atoms with van der Waals surface area (Å²) in [6.07, 6.45) is 2.28. The van der Waals surface area contributed by atoms with Crippen molar-refractivity contribution in [1.29, 1.82) is 0 Å². The van der Waals surface area contributed by atoms with Crippen LogP contribution in [0.5, 0.6) is 0 Å². The van der Waals surface area contributed by atoms with Crippen molar-refractivity contribution < 1.29 is 14.3 Å². The fraction of sp³-hybridized carbons (Fsp3) is 0.438. The lowest BCUT2D eigenvalue weighted by molar-refractivity contribution is 0.0757. The van der Waals surface area contributed by atoms with Crippen molar-refractivity contribution in [2.75, 3.05) is 25.7 Å². The molecule has 1 amide bonds. The molecule has 1 rings (SSSR count). The molecule has 0 aliphatic rings. The lowest BCUT2D eigenvalue weighted by Gasteiger charge is -2.24. The third-order valence-corrected chi connectivity index (χ3v) is 3.88. The Morgan fingerprint density at radius 2 is 2.24 bits per heavy atom. The zero-order chi connectivity index (χ0) is 15.8. The van der Waals surface area contributed by atoms with Crippen LogP contribution in [0.1, 0.15) is 29.3 Å². The average molecular weight is 309 g/mol. The van der Waals surface area contributed by atoms with Crippen molar-refractivity contribution in [3.63, 3.8) is 0 Å². The standard InChI is InChI=1S/C16H20FNO2S/c1-12(11-21-3)18(2)16(20)15-8-7-14(17)10-13(15)6-4-5-9-19/h7-8,10,12,19H,5,9,11H2,1-3H3. The van der Waals surface area contributed by atoms with E-state index in [0.29, 0.717) is 17.5 Å². The van der Waals surface area contributed by atoms with Gasteiger partial charge in [-0.2, -0.15) is 11.8 Å². The quantitative estimate of drug-likeness (QED) is 0.849. The van der Waals surface area contributed by atoms with Crippen LogP contribution in [0.25, 0.3) is 0 Å². The second-order valence-electron chi connectivity index (χ2n) is 4.69. The minimum absolute atomic E-state index is 0.0593. The number of amides is 1. The summed E-state index contributed by atoms with van der Waals surface area (Å²) in [6.45, 7) is 1.91. The van der Waals surface area contributed by atoms with Gasteiger partial charge in [-0.15, -0.1) is 0 Å². The number of carbonyl (C=O) groups excluding carboxylic acids is 1. The molecule has 1 atom stereocenters. The Bertz CT molecular complexity index is 551. The molecule has 0 fully saturated rings. The van der Waals surface area contributed by atoms with E-state index in [1.807, 2.05) is 13.2 Å². The van der Waals surface area contributed by atoms with Gasteiger partial charge in [-0.3, -0.25) is 4.79 Å². The number of hydrogen-bond acceptors (Lipinski definition) is 3. The van der Waals surface area contributed by atoms with E-state index in [1.165, 1.54) is 18.2 Å². The number of carbonyl (C=O) groups is 1. The van der Waals surface area contributed by atoms with Gasteiger partial charge in [0, 0.05) is 30.8 Å². The molecule has 0 spiro atoms. The van der Waals surface area contributed by atoms with Crippen LogP contribution in [0.2, 0.25) is 0 Å². The van der Waals surface area contributed by atoms with Gasteiger partial charge >= 0.3 is 0 Å². The molecular weight excluding hydrogens is 289 g/mol. The normalized spacial score (nSPS) is 11.5. The van der Waals surface area contributed by atoms with Crippen LogP contribution in [0.4, 0.5) is 4.39 Å². The van der Waals surface area contributed by atoms with Gasteiger partial charge in [0.15, 0.2) is 0 Å². The monoisotopic (exact) mass is 309 g/mol. The molecule has 0 aromatic heterocycles. The molecule has 0 saturated carbocycles. The Hall–Kier alpha value is -1.51. The first kappa shape index (κ1) is 17.5. The molecule has 0 aliphatic heterocycles. The lowest BCUT2D eigenvalue weighted by Crippen LogP contribution is -2.37. The fourth-order valence-electron chi connectivity index (χ4n) is 1.76. The van der Waals surface area contributed by atoms with Crippen LogP contribution in [-0.2, 0) is 0 Å². The number of nitrogens with zero attached hydrogens (tertiary/aromatic N) is 1. The Kier molecular flexibility index (Phi) is 7.27. The van der Waals surface area contributed by atoms with Crippen molar-refractivity contribution >= 4 is 17.7 Å². The molecular formula is C16H20FNO2S. The second-order valence-corrected chi connectivity index (χ2v) is 5.60. The van der Waals surface area contributed by atoms with E-state index in [0.717, 1.165) is 5.75 Å². The van der Waals surface area contributed by atoms with Crippen LogP contribution < -0.4 is 0 Å². The van der Waals surface area contributed by atoms with E-state index in [-0.39, 0.29) is 18.6 Å². The second kappa shape index (κ2) is 8.71. The first-order valence-electron chi connectivity index (χ1n) is 6.66. The van der Waals surface area contributed by atoms with Gasteiger partial charge in [0.25, 0.3) is 5.91 Å². The third-order valence-electron chi connectivity index (χ3n) is 3.06. The maximum Gasteiger partial charge on any atom is 0.255 e. The molecule has 0 heterocycles. The topological polar surface area (TPSA) is 40.5 Å². The number of thioether (sulfide) groups is 1. The summed E-state index contributed by atoms with van der Waals surface area (Å²) in [5, 5.41) is 8.74. The Morgan fingerprint density at radius 3 is 2.86 bits per heavy atom. The highest BCUT2D eigenvalue weighted by Gasteiger charge is 2.19. The maximum absolute atomic E-state index is 13.4. The van der Waals surface area contributed by atoms with Crippen molar-refractivity contribution in [2.24, 2.45) is 0 Å². The summed E-state index contributed by atoms with van der Waals surface area (Å²) in [5.41, 5.74) is 0.744. The predicted octanol–water partition coefficient (Wildman–Crippen LogP) is 2.38. The zero-order valence-electron chi connectivity index (χ0n) is 12.5. The molecule has 3 nitrogen and oxygen atoms in total. The largest absolute Gasteiger partial charge is 0.395 e. The van der Waals surface area contributed by atoms with Gasteiger partial charge in [0.2, 0.25) is 0 Å². The Morgan fingerprint density at radius 1 is 1.52 bits per heavy atom. The number of halogens is 1. The first-order valence-corrected chi connectivity index (χ1v) is 8.06. The molecule has 1 N–H and O–H groups in total. The van der Waals surface area contributed by atoms with Crippen molar-refractivity contribution in [3.8, 4) is 11.8 Å². The van der Waals surface area contributed by atoms with Crippen LogP contribution in [0, 0.1) is 17.7 Å². The van der Waals surface area contributed by atoms with E-state index in [1.54, 1.807) is 23.7 Å². The summed E-state index contributed by atoms with van der Waals surface area (Å²) >= 11 is 1.66. The number of benzene rings is 1. The highest BCUT2D eigenvalue weighted by molar-refractivity contribution is 7.98. The van der Waals surface area contributed by atoms with Gasteiger partial charge < -0.3 is 10.0 Å². The van der Waals surface area contributed by atoms with Crippen molar-refractivity contribution in [1.82, 2.24) is 4.90 Å². The third kappa shape index (κ3) is 5.07. The molecule has 1 unspecified atom stereocenters. The molecule has 0 radical (unpaired) electrons. The van der Waals surface area contributed by atoms with E-state index in [2.05, 4.69) is 11.8 Å². The summed E-state index contributed by atoms with van der Waals surface area (Å²) in [4.78, 5) is 14.1. The van der Waals surface area contributed by atoms with Crippen LogP contribution in [-0.4, -0.2) is 47.6 Å². The number of rotatable bonds is 5. The van der Waals surface area contributed by atoms with Crippen molar-refractivity contribution in [3.05, 3.63) is 35.1 Å². The SMILES string of the molecule is CSCC(C)N(C)C(=O)c1ccc(F)cc1C#CCCO. The molecule has 21 heavy (non-hydrogen) atoms. The maximum atomic E-state index is 13.4. The molecule has 0 bridgehead atoms. The summed E-state index contributed by atoms with van der Waals surface area (Å²) in [6, 6.07) is 4.06. The number of aliphatic hydroxyl groups excluding tert-OH is 1. The molecule has 1 aromatic rings. The minimum atomic E-state index is -0.431. The first-order chi connectivity index (χ1) is 10.0. The van der Waals surface area contributed by atoms with Gasteiger partial charge in [-0.1, -0.05) is 11.8 Å². The average Bonchev–Trinajstić information content (AvgIpc) is 2.46. The van der Waals surface area contributed by atoms with Crippen LogP contribution in [0.3, 0.4) is 0 Å². The summed E-state index contributed by atoms with van der Waals surface area (Å²) in [5.74, 6) is 5.71. The molecule has 0 saturated heterocycles. The minimum Gasteiger partial charge on any atom is -0.395 e. The smallest absolute Gasteiger partial charge is 0.255 e. The van der Waals surface area contributed by atoms with Crippen LogP contribution in [0.15, 0.2) is 18.2 Å². The predicted molar refractivity (Wildman–Crippen MR) is 84.9 cm³/mol. The molecule has 0 aliphatic carbocycles. The highest BCUT2D eigenvalue weighted by atomic mass is 32.2. The molecule has 114 valence electrons. The van der Waals surface area contributed by atoms with E-state index in [4.69, 9.17) is 5.11 Å². The van der Waals surface area contributed by atoms with Crippen molar-refractivity contribution in [2.45, 2.75) is 19.4 Å². The summed E-state index contributed by atoms with van der Waals surface area (Å²) < 4.78 is 13.4. The number of aliphatic hydroxyl groups is 1. The Balaban J connectivity index is 3.06. The van der Waals surface area contributed by atoms with Gasteiger partial charge in [0.1, 0.15) is 5.82 Å². The van der Waals surface area contributed by atoms with Crippen LogP contribution >= 0.6 is 11.8 Å². The molecule has 5 heteroatoms. The lowest BCUT2D eigenvalue weighted by atomic mass is 10.1. The zero-order valence-corrected chi connectivity index (χ0v) is 13.3. The van der Waals surface area contributed by atoms with E-state index in [9.17, 15) is 9.18 Å². The fourth-order valence-corrected chi connectivity index (χ4v) is 2.47. The highest BCUT2D eigenvalue weighted by Crippen LogP contribution is 2.15. The van der Waals surface area contributed by atoms with E-state index >= 15 is 0 Å². The van der Waals surface area contributed by atoms with Gasteiger partial charge in [-0.05, 0) is 31.4 Å². The summed E-state index contributed by atoms with van der Waals surface area (Å²) in [7, 11) is 1.73. The number of hydrogen-bond donors (Lipinski definition) is 1. The Labute approximate surface area is 129 Å². The van der Waals surface area contributed by atoms with Gasteiger partial charge in [-0.25, -0.2) is 4.39 Å².